The summed E-state index contributed by atoms with van der Waals surface area (Å²) in [5.74, 6) is 0.107. The lowest BCUT2D eigenvalue weighted by Crippen LogP contribution is -2.18. The Balaban J connectivity index is 2.31. The summed E-state index contributed by atoms with van der Waals surface area (Å²) >= 11 is 3.31. The third-order valence-electron chi connectivity index (χ3n) is 2.47. The molecule has 18 heavy (non-hydrogen) atoms. The van der Waals surface area contributed by atoms with Crippen LogP contribution in [0.1, 0.15) is 16.2 Å². The number of nitrogens with two attached hydrogens (primary N) is 1. The van der Waals surface area contributed by atoms with Gasteiger partial charge in [-0.2, -0.15) is 5.10 Å². The smallest absolute Gasteiger partial charge is 0.277 e. The molecule has 0 aromatic carbocycles. The molecule has 0 saturated heterocycles. The van der Waals surface area contributed by atoms with Gasteiger partial charge in [0.1, 0.15) is 11.5 Å². The average Bonchev–Trinajstić information content (AvgIpc) is 2.56. The van der Waals surface area contributed by atoms with Crippen molar-refractivity contribution in [1.82, 2.24) is 14.8 Å². The van der Waals surface area contributed by atoms with Gasteiger partial charge in [0.25, 0.3) is 5.91 Å². The number of carbonyl (C=O) groups excluding carboxylic acids is 1. The first kappa shape index (κ1) is 12.6. The minimum Gasteiger partial charge on any atom is -0.395 e. The molecule has 0 radical (unpaired) electrons. The molecule has 0 aliphatic heterocycles. The summed E-state index contributed by atoms with van der Waals surface area (Å²) in [5, 5.41) is 6.78. The van der Waals surface area contributed by atoms with Crippen molar-refractivity contribution in [3.8, 4) is 0 Å². The van der Waals surface area contributed by atoms with E-state index < -0.39 is 0 Å². The number of pyridine rings is 1. The Hall–Kier alpha value is -1.89. The van der Waals surface area contributed by atoms with Crippen LogP contribution in [0.25, 0.3) is 0 Å². The van der Waals surface area contributed by atoms with E-state index in [0.29, 0.717) is 27.4 Å². The van der Waals surface area contributed by atoms with Crippen LogP contribution < -0.4 is 11.1 Å². The largest absolute Gasteiger partial charge is 0.395 e. The maximum Gasteiger partial charge on any atom is 0.277 e. The maximum atomic E-state index is 12.1. The van der Waals surface area contributed by atoms with Crippen LogP contribution in [-0.2, 0) is 7.05 Å². The molecule has 2 aromatic heterocycles. The molecule has 0 atom stereocenters. The van der Waals surface area contributed by atoms with Gasteiger partial charge < -0.3 is 11.1 Å². The highest BCUT2D eigenvalue weighted by atomic mass is 79.9. The molecule has 0 aliphatic rings. The van der Waals surface area contributed by atoms with Gasteiger partial charge in [-0.05, 0) is 35.0 Å². The number of nitrogens with zero attached hydrogens (tertiary/aromatic N) is 3. The van der Waals surface area contributed by atoms with Crippen molar-refractivity contribution in [3.05, 3.63) is 34.2 Å². The number of carbonyl (C=O) groups is 1. The Bertz CT molecular complexity index is 607. The number of hydrogen-bond donors (Lipinski definition) is 2. The standard InChI is InChI=1S/C11H12BrN5O/c1-6-8(13)9(17(2)16-6)11(18)15-10-7(12)4-3-5-14-10/h3-5H,13H2,1-2H3,(H,14,15,18). The number of amides is 1. The molecule has 0 unspecified atom stereocenters. The van der Waals surface area contributed by atoms with Crippen LogP contribution >= 0.6 is 15.9 Å². The highest BCUT2D eigenvalue weighted by Crippen LogP contribution is 2.21. The molecule has 94 valence electrons. The van der Waals surface area contributed by atoms with Gasteiger partial charge >= 0.3 is 0 Å². The fraction of sp³-hybridized carbons (Fsp3) is 0.182. The first-order valence-corrected chi connectivity index (χ1v) is 6.01. The van der Waals surface area contributed by atoms with Crippen LogP contribution in [0.4, 0.5) is 11.5 Å². The van der Waals surface area contributed by atoms with Gasteiger partial charge in [0.15, 0.2) is 0 Å². The van der Waals surface area contributed by atoms with E-state index >= 15 is 0 Å². The molecule has 7 heteroatoms. The van der Waals surface area contributed by atoms with Gasteiger partial charge in [0.2, 0.25) is 0 Å². The molecule has 3 N–H and O–H groups in total. The predicted molar refractivity (Wildman–Crippen MR) is 72.2 cm³/mol. The Kier molecular flexibility index (Phi) is 3.33. The van der Waals surface area contributed by atoms with E-state index in [-0.39, 0.29) is 5.91 Å². The number of aryl methyl sites for hydroxylation is 2. The zero-order valence-electron chi connectivity index (χ0n) is 9.94. The monoisotopic (exact) mass is 309 g/mol. The van der Waals surface area contributed by atoms with Crippen LogP contribution in [0, 0.1) is 6.92 Å². The van der Waals surface area contributed by atoms with E-state index in [1.54, 1.807) is 32.3 Å². The highest BCUT2D eigenvalue weighted by Gasteiger charge is 2.18. The Labute approximate surface area is 112 Å². The first-order chi connectivity index (χ1) is 8.50. The van der Waals surface area contributed by atoms with E-state index in [1.165, 1.54) is 4.68 Å². The molecule has 0 spiro atoms. The zero-order valence-corrected chi connectivity index (χ0v) is 11.5. The van der Waals surface area contributed by atoms with Crippen molar-refractivity contribution in [2.45, 2.75) is 6.92 Å². The van der Waals surface area contributed by atoms with Crippen molar-refractivity contribution in [1.29, 1.82) is 0 Å². The second kappa shape index (κ2) is 4.77. The van der Waals surface area contributed by atoms with E-state index in [1.807, 2.05) is 0 Å². The maximum absolute atomic E-state index is 12.1. The third kappa shape index (κ3) is 2.21. The predicted octanol–water partition coefficient (Wildman–Crippen LogP) is 1.72. The highest BCUT2D eigenvalue weighted by molar-refractivity contribution is 9.10. The lowest BCUT2D eigenvalue weighted by atomic mass is 10.3. The fourth-order valence-corrected chi connectivity index (χ4v) is 1.94. The second-order valence-electron chi connectivity index (χ2n) is 3.76. The molecule has 0 aliphatic carbocycles. The molecule has 0 saturated carbocycles. The topological polar surface area (TPSA) is 85.8 Å². The summed E-state index contributed by atoms with van der Waals surface area (Å²) in [6.45, 7) is 1.75. The van der Waals surface area contributed by atoms with Crippen LogP contribution in [0.3, 0.4) is 0 Å². The Morgan fingerprint density at radius 3 is 2.83 bits per heavy atom. The molecule has 2 heterocycles. The number of hydrogen-bond acceptors (Lipinski definition) is 4. The number of rotatable bonds is 2. The summed E-state index contributed by atoms with van der Waals surface area (Å²) in [7, 11) is 1.67. The molecule has 0 fully saturated rings. The quantitative estimate of drug-likeness (QED) is 0.884. The van der Waals surface area contributed by atoms with Crippen molar-refractivity contribution in [3.63, 3.8) is 0 Å². The van der Waals surface area contributed by atoms with Gasteiger partial charge in [0.05, 0.1) is 15.9 Å². The van der Waals surface area contributed by atoms with Crippen molar-refractivity contribution < 1.29 is 4.79 Å². The SMILES string of the molecule is Cc1nn(C)c(C(=O)Nc2ncccc2Br)c1N. The molecule has 2 rings (SSSR count). The van der Waals surface area contributed by atoms with E-state index in [9.17, 15) is 4.79 Å². The molecule has 2 aromatic rings. The minimum atomic E-state index is -0.338. The van der Waals surface area contributed by atoms with Gasteiger partial charge in [-0.3, -0.25) is 9.48 Å². The molecular weight excluding hydrogens is 298 g/mol. The number of nitrogens with one attached hydrogen (secondary N) is 1. The van der Waals surface area contributed by atoms with Crippen molar-refractivity contribution >= 4 is 33.3 Å². The van der Waals surface area contributed by atoms with E-state index in [4.69, 9.17) is 5.73 Å². The number of aromatic nitrogens is 3. The van der Waals surface area contributed by atoms with Gasteiger partial charge in [-0.25, -0.2) is 4.98 Å². The zero-order chi connectivity index (χ0) is 13.3. The normalized spacial score (nSPS) is 10.4. The summed E-state index contributed by atoms with van der Waals surface area (Å²) in [5.41, 5.74) is 7.15. The van der Waals surface area contributed by atoms with E-state index in [2.05, 4.69) is 31.3 Å². The van der Waals surface area contributed by atoms with Crippen LogP contribution in [0.5, 0.6) is 0 Å². The van der Waals surface area contributed by atoms with Crippen molar-refractivity contribution in [2.24, 2.45) is 7.05 Å². The van der Waals surface area contributed by atoms with Crippen molar-refractivity contribution in [2.75, 3.05) is 11.1 Å². The number of nitrogen functional groups attached to an aromatic ring is 1. The van der Waals surface area contributed by atoms with Crippen LogP contribution in [0.2, 0.25) is 0 Å². The minimum absolute atomic E-state index is 0.324. The second-order valence-corrected chi connectivity index (χ2v) is 4.61. The van der Waals surface area contributed by atoms with Crippen LogP contribution in [0.15, 0.2) is 22.8 Å². The summed E-state index contributed by atoms with van der Waals surface area (Å²) in [4.78, 5) is 16.2. The summed E-state index contributed by atoms with van der Waals surface area (Å²) in [6.07, 6.45) is 1.60. The van der Waals surface area contributed by atoms with Crippen LogP contribution in [-0.4, -0.2) is 20.7 Å². The molecule has 1 amide bonds. The third-order valence-corrected chi connectivity index (χ3v) is 3.11. The number of anilines is 2. The number of halogens is 1. The van der Waals surface area contributed by atoms with Gasteiger partial charge in [0, 0.05) is 13.2 Å². The van der Waals surface area contributed by atoms with Gasteiger partial charge in [-0.15, -0.1) is 0 Å². The summed E-state index contributed by atoms with van der Waals surface area (Å²) < 4.78 is 2.16. The molecule has 6 nitrogen and oxygen atoms in total. The lowest BCUT2D eigenvalue weighted by molar-refractivity contribution is 0.101. The fourth-order valence-electron chi connectivity index (χ4n) is 1.59. The lowest BCUT2D eigenvalue weighted by Gasteiger charge is -2.06. The Morgan fingerprint density at radius 2 is 2.28 bits per heavy atom. The Morgan fingerprint density at radius 1 is 1.56 bits per heavy atom. The van der Waals surface area contributed by atoms with E-state index in [0.717, 1.165) is 0 Å². The summed E-state index contributed by atoms with van der Waals surface area (Å²) in [6, 6.07) is 3.56. The average molecular weight is 310 g/mol. The molecule has 0 bridgehead atoms. The first-order valence-electron chi connectivity index (χ1n) is 5.21. The van der Waals surface area contributed by atoms with Gasteiger partial charge in [-0.1, -0.05) is 0 Å². The molecular formula is C11H12BrN5O.